The van der Waals surface area contributed by atoms with Gasteiger partial charge in [0, 0.05) is 90.8 Å². The van der Waals surface area contributed by atoms with Gasteiger partial charge in [0.15, 0.2) is 0 Å². The van der Waals surface area contributed by atoms with Crippen molar-refractivity contribution in [1.82, 2.24) is 0 Å². The number of hydrogen-bond donors (Lipinski definition) is 0. The first-order chi connectivity index (χ1) is 64.1. The van der Waals surface area contributed by atoms with E-state index in [1.165, 1.54) is 20.7 Å². The molecule has 20 aromatic rings. The van der Waals surface area contributed by atoms with Crippen LogP contribution in [0.2, 0.25) is 78.6 Å². The van der Waals surface area contributed by atoms with E-state index in [4.69, 9.17) is 0 Å². The van der Waals surface area contributed by atoms with E-state index in [0.29, 0.717) is 67.3 Å². The Morgan fingerprint density at radius 2 is 0.388 bits per heavy atom. The lowest BCUT2D eigenvalue weighted by Crippen LogP contribution is -2.37. The van der Waals surface area contributed by atoms with Gasteiger partial charge in [-0.05, 0) is 187 Å². The fourth-order valence-electron chi connectivity index (χ4n) is 19.1. The number of halogens is 8. The van der Waals surface area contributed by atoms with Crippen molar-refractivity contribution >= 4 is 186 Å². The van der Waals surface area contributed by atoms with Crippen molar-refractivity contribution in [3.8, 4) is 44.5 Å². The van der Waals surface area contributed by atoms with E-state index < -0.39 is 78.8 Å². The largest absolute Gasteiger partial charge is 0.307 e. The number of hydrogen-bond acceptors (Lipinski definition) is 4. The molecule has 20 aromatic carbocycles. The highest BCUT2D eigenvalue weighted by Gasteiger charge is 2.33. The molecule has 0 aliphatic heterocycles. The summed E-state index contributed by atoms with van der Waals surface area (Å²) in [7, 11) is -6.81. The molecule has 20 rings (SSSR count). The number of nitrogens with zero attached hydrogens (tertiary/aromatic N) is 4. The zero-order valence-corrected chi connectivity index (χ0v) is 81.3. The van der Waals surface area contributed by atoms with Gasteiger partial charge in [0.1, 0.15) is 46.5 Å². The highest BCUT2D eigenvalue weighted by molar-refractivity contribution is 6.90. The van der Waals surface area contributed by atoms with Crippen molar-refractivity contribution in [2.75, 3.05) is 19.6 Å². The van der Waals surface area contributed by atoms with Crippen molar-refractivity contribution in [2.45, 2.75) is 92.4 Å². The second kappa shape index (κ2) is 34.9. The van der Waals surface area contributed by atoms with E-state index in [9.17, 15) is 0 Å². The quantitative estimate of drug-likeness (QED) is 0.0428. The first-order valence-electron chi connectivity index (χ1n) is 45.4. The molecular formula is C118H100F8N4Si4. The van der Waals surface area contributed by atoms with Gasteiger partial charge < -0.3 is 19.6 Å². The third-order valence-corrected chi connectivity index (χ3v) is 34.6. The van der Waals surface area contributed by atoms with Gasteiger partial charge in [0.25, 0.3) is 0 Å². The van der Waals surface area contributed by atoms with E-state index in [1.54, 1.807) is 24.3 Å². The summed E-state index contributed by atoms with van der Waals surface area (Å²) in [6.45, 7) is 31.3. The van der Waals surface area contributed by atoms with Crippen molar-refractivity contribution in [3.63, 3.8) is 0 Å². The number of aryl methyl sites for hydroxylation is 2. The fraction of sp³-hybridized carbons (Fsp3) is 0.119. The summed E-state index contributed by atoms with van der Waals surface area (Å²) in [5.74, 6) is -5.34. The molecule has 0 aliphatic rings. The Balaban J connectivity index is 0.000000172. The Labute approximate surface area is 781 Å². The molecule has 0 unspecified atom stereocenters. The molecule has 134 heavy (non-hydrogen) atoms. The lowest BCUT2D eigenvalue weighted by atomic mass is 9.91. The molecule has 0 aromatic heterocycles. The van der Waals surface area contributed by atoms with Gasteiger partial charge in [-0.1, -0.05) is 330 Å². The zero-order valence-electron chi connectivity index (χ0n) is 77.3. The lowest BCUT2D eigenvalue weighted by molar-refractivity contribution is 0.585. The maximum Gasteiger partial charge on any atom is 0.150 e. The van der Waals surface area contributed by atoms with Gasteiger partial charge in [-0.3, -0.25) is 0 Å². The summed E-state index contributed by atoms with van der Waals surface area (Å²) in [6.07, 6.45) is 0. The Morgan fingerprint density at radius 1 is 0.179 bits per heavy atom. The summed E-state index contributed by atoms with van der Waals surface area (Å²) >= 11 is 0. The molecule has 0 spiro atoms. The fourth-order valence-corrected chi connectivity index (χ4v) is 23.7. The van der Waals surface area contributed by atoms with Crippen molar-refractivity contribution in [3.05, 3.63) is 410 Å². The molecule has 0 saturated carbocycles. The van der Waals surface area contributed by atoms with E-state index in [2.05, 4.69) is 188 Å². The van der Waals surface area contributed by atoms with E-state index in [-0.39, 0.29) is 22.7 Å². The third kappa shape index (κ3) is 16.6. The molecule has 0 atom stereocenters. The van der Waals surface area contributed by atoms with Crippen LogP contribution in [0.3, 0.4) is 0 Å². The highest BCUT2D eigenvalue weighted by atomic mass is 28.3. The summed E-state index contributed by atoms with van der Waals surface area (Å²) in [4.78, 5) is 7.61. The molecule has 0 fully saturated rings. The summed E-state index contributed by atoms with van der Waals surface area (Å²) in [5, 5.41) is 16.1. The molecule has 664 valence electrons. The van der Waals surface area contributed by atoms with Crippen LogP contribution >= 0.6 is 0 Å². The Hall–Kier alpha value is -14.0. The zero-order chi connectivity index (χ0) is 93.9. The number of rotatable bonds is 20. The molecule has 0 saturated heterocycles. The maximum atomic E-state index is 16.8. The minimum atomic E-state index is -1.71. The molecular weight excluding hydrogens is 1740 g/mol. The molecule has 0 N–H and O–H groups in total. The van der Waals surface area contributed by atoms with Crippen LogP contribution in [0.1, 0.15) is 11.1 Å². The maximum absolute atomic E-state index is 16.8. The van der Waals surface area contributed by atoms with Crippen molar-refractivity contribution in [2.24, 2.45) is 0 Å². The first-order valence-corrected chi connectivity index (χ1v) is 59.4. The Kier molecular flexibility index (Phi) is 23.2. The van der Waals surface area contributed by atoms with Gasteiger partial charge in [-0.15, -0.1) is 0 Å². The molecule has 0 heterocycles. The van der Waals surface area contributed by atoms with Gasteiger partial charge >= 0.3 is 0 Å². The van der Waals surface area contributed by atoms with Crippen molar-refractivity contribution in [1.29, 1.82) is 0 Å². The van der Waals surface area contributed by atoms with Gasteiger partial charge in [0.2, 0.25) is 0 Å². The molecule has 0 bridgehead atoms. The lowest BCUT2D eigenvalue weighted by Gasteiger charge is -2.30. The monoisotopic (exact) mass is 1840 g/mol. The smallest absolute Gasteiger partial charge is 0.150 e. The van der Waals surface area contributed by atoms with Crippen LogP contribution in [-0.2, 0) is 0 Å². The summed E-state index contributed by atoms with van der Waals surface area (Å²) in [5.41, 5.74) is 12.2. The topological polar surface area (TPSA) is 13.0 Å². The minimum Gasteiger partial charge on any atom is -0.307 e. The van der Waals surface area contributed by atoms with Gasteiger partial charge in [-0.25, -0.2) is 35.1 Å². The van der Waals surface area contributed by atoms with Crippen molar-refractivity contribution < 1.29 is 35.1 Å². The molecule has 16 heteroatoms. The van der Waals surface area contributed by atoms with Crippen LogP contribution in [0.15, 0.2) is 352 Å². The molecule has 4 nitrogen and oxygen atoms in total. The molecule has 0 aliphatic carbocycles. The molecule has 0 amide bonds. The average Bonchev–Trinajstić information content (AvgIpc) is 0.718. The van der Waals surface area contributed by atoms with E-state index in [1.807, 2.05) is 228 Å². The van der Waals surface area contributed by atoms with Gasteiger partial charge in [0.05, 0.1) is 77.8 Å². The SMILES string of the molecule is C[Si](C)(C)c1ccc(N(c2cc(-c3ccccc3)c(F)cc2F)c2ccc3ccc4c(N(c5ccc([Si](C)(C)C)cc5)c5cc(-c6ccccc6)c(F)cc5F)ccc5ccc2c3c54)cc1.Cc1ccccc1-c1cc(N(c2ccc([Si](C)(C)C)cc2)c2ccc3ccc4c(N(c5ccc([Si](C)(C)C)cc5)c5cc(-c6ccccc6C)c(F)cc5F)ccc5ccc2c3c54)c(F)cc1F. The summed E-state index contributed by atoms with van der Waals surface area (Å²) in [6, 6.07) is 110. The second-order valence-corrected chi connectivity index (χ2v) is 59.5. The number of benzene rings is 20. The Bertz CT molecular complexity index is 7440. The van der Waals surface area contributed by atoms with Crippen LogP contribution in [0.25, 0.3) is 109 Å². The predicted molar refractivity (Wildman–Crippen MR) is 562 cm³/mol. The number of anilines is 12. The van der Waals surface area contributed by atoms with E-state index in [0.717, 1.165) is 123 Å². The van der Waals surface area contributed by atoms with E-state index >= 15 is 35.1 Å². The average molecular weight is 1840 g/mol. The minimum absolute atomic E-state index is 0.209. The third-order valence-electron chi connectivity index (χ3n) is 26.3. The van der Waals surface area contributed by atoms with Gasteiger partial charge in [-0.2, -0.15) is 0 Å². The second-order valence-electron chi connectivity index (χ2n) is 39.2. The predicted octanol–water partition coefficient (Wildman–Crippen LogP) is 33.6. The standard InChI is InChI=1S/C60H52F4N2Si2.C58H48F4N2Si2/c1-37-13-9-11-15-45(37)49-33-57(53(63)35-51(49)61)65(41-21-25-43(26-22-41)67(3,4)5)55-31-19-39-18-30-48-56(32-20-40-17-29-47(55)59(39)60(40)48)66(42-23-27-44(28-24-42)68(6,7)8)58-34-50(52(62)36-54(58)64)46-16-12-10-14-38(46)2;1-65(2,3)43-25-21-41(22-26-43)63(55-33-47(49(59)35-51(55)61)37-13-9-7-10-14-37)53-31-19-39-18-30-46-54(32-20-40-17-29-45(53)57(39)58(40)46)64(42-23-27-44(28-24-42)66(4,5)6)56-34-48(50(60)36-52(56)62)38-15-11-8-12-16-38/h9-36H,1-8H3;7-36H,1-6H3. The van der Waals surface area contributed by atoms with Crippen LogP contribution in [0, 0.1) is 60.4 Å². The Morgan fingerprint density at radius 3 is 0.619 bits per heavy atom. The highest BCUT2D eigenvalue weighted by Crippen LogP contribution is 2.53. The van der Waals surface area contributed by atoms with Crippen LogP contribution in [-0.4, -0.2) is 32.3 Å². The van der Waals surface area contributed by atoms with Crippen LogP contribution in [0.5, 0.6) is 0 Å². The van der Waals surface area contributed by atoms with Crippen LogP contribution in [0.4, 0.5) is 103 Å². The summed E-state index contributed by atoms with van der Waals surface area (Å²) < 4.78 is 130. The normalized spacial score (nSPS) is 12.1. The first kappa shape index (κ1) is 89.2. The van der Waals surface area contributed by atoms with Crippen LogP contribution < -0.4 is 40.3 Å². The molecule has 0 radical (unpaired) electrons.